The van der Waals surface area contributed by atoms with Gasteiger partial charge < -0.3 is 4.74 Å². The Morgan fingerprint density at radius 1 is 1.15 bits per heavy atom. The normalized spacial score (nSPS) is 10.4. The van der Waals surface area contributed by atoms with Crippen LogP contribution in [0.4, 0.5) is 18.9 Å². The van der Waals surface area contributed by atoms with Crippen LogP contribution in [0.5, 0.6) is 11.6 Å². The molecule has 1 aromatic heterocycles. The van der Waals surface area contributed by atoms with Crippen molar-refractivity contribution >= 4 is 34.6 Å². The van der Waals surface area contributed by atoms with Gasteiger partial charge in [0, 0.05) is 6.07 Å². The highest BCUT2D eigenvalue weighted by Crippen LogP contribution is 2.39. The topological polar surface area (TPSA) is 94.1 Å². The lowest BCUT2D eigenvalue weighted by molar-refractivity contribution is -0.141. The quantitative estimate of drug-likeness (QED) is 0.575. The fraction of sp³-hybridized carbons (Fsp3) is 0.0667. The molecule has 0 aliphatic rings. The molecule has 2 rings (SSSR count). The molecule has 0 amide bonds. The lowest BCUT2D eigenvalue weighted by atomic mass is 10.3. The van der Waals surface area contributed by atoms with Gasteiger partial charge in [0.2, 0.25) is 11.6 Å². The van der Waals surface area contributed by atoms with Gasteiger partial charge in [0.15, 0.2) is 5.75 Å². The summed E-state index contributed by atoms with van der Waals surface area (Å²) >= 11 is 12.0. The first kappa shape index (κ1) is 19.3. The van der Waals surface area contributed by atoms with E-state index in [9.17, 15) is 13.2 Å². The number of aromatic nitrogens is 1. The number of anilines is 1. The first-order valence-electron chi connectivity index (χ1n) is 6.59. The van der Waals surface area contributed by atoms with E-state index in [1.807, 2.05) is 0 Å². The van der Waals surface area contributed by atoms with Crippen molar-refractivity contribution in [2.75, 3.05) is 5.43 Å². The summed E-state index contributed by atoms with van der Waals surface area (Å²) in [4.78, 5) is 3.35. The van der Waals surface area contributed by atoms with Crippen molar-refractivity contribution in [2.24, 2.45) is 5.10 Å². The summed E-state index contributed by atoms with van der Waals surface area (Å²) in [5.41, 5.74) is 1.08. The van der Waals surface area contributed by atoms with Crippen LogP contribution in [-0.2, 0) is 6.18 Å². The highest BCUT2D eigenvalue weighted by Gasteiger charge is 2.32. The average molecular weight is 400 g/mol. The SMILES string of the molecule is N#CC(C#N)=NNc1cc(Cl)c(Oc2cccc(C(F)(F)F)n2)c(Cl)c1. The third-order valence-corrected chi connectivity index (χ3v) is 3.29. The number of hydrogen-bond donors (Lipinski definition) is 1. The van der Waals surface area contributed by atoms with E-state index in [0.29, 0.717) is 0 Å². The number of alkyl halides is 3. The van der Waals surface area contributed by atoms with E-state index in [-0.39, 0.29) is 27.4 Å². The minimum Gasteiger partial charge on any atom is -0.436 e. The maximum Gasteiger partial charge on any atom is 0.433 e. The maximum atomic E-state index is 12.7. The van der Waals surface area contributed by atoms with Crippen molar-refractivity contribution in [1.82, 2.24) is 4.98 Å². The molecule has 1 N–H and O–H groups in total. The van der Waals surface area contributed by atoms with Crippen LogP contribution in [0, 0.1) is 22.7 Å². The van der Waals surface area contributed by atoms with Gasteiger partial charge in [-0.2, -0.15) is 28.8 Å². The molecule has 2 aromatic rings. The molecule has 0 aliphatic heterocycles. The number of nitrogens with zero attached hydrogens (tertiary/aromatic N) is 4. The Kier molecular flexibility index (Phi) is 5.88. The maximum absolute atomic E-state index is 12.7. The lowest BCUT2D eigenvalue weighted by Gasteiger charge is -2.12. The van der Waals surface area contributed by atoms with E-state index in [2.05, 4.69) is 15.5 Å². The molecule has 0 saturated heterocycles. The van der Waals surface area contributed by atoms with Gasteiger partial charge in [-0.15, -0.1) is 0 Å². The fourth-order valence-electron chi connectivity index (χ4n) is 1.65. The van der Waals surface area contributed by atoms with Gasteiger partial charge >= 0.3 is 6.18 Å². The molecule has 1 heterocycles. The molecule has 0 spiro atoms. The smallest absolute Gasteiger partial charge is 0.433 e. The second kappa shape index (κ2) is 7.91. The number of hydrogen-bond acceptors (Lipinski definition) is 6. The molecule has 0 radical (unpaired) electrons. The first-order valence-corrected chi connectivity index (χ1v) is 7.35. The average Bonchev–Trinajstić information content (AvgIpc) is 2.58. The molecular formula is C15H6Cl2F3N5O. The molecule has 0 aliphatic carbocycles. The van der Waals surface area contributed by atoms with Crippen LogP contribution < -0.4 is 10.2 Å². The highest BCUT2D eigenvalue weighted by atomic mass is 35.5. The summed E-state index contributed by atoms with van der Waals surface area (Å²) in [7, 11) is 0. The van der Waals surface area contributed by atoms with Crippen molar-refractivity contribution < 1.29 is 17.9 Å². The van der Waals surface area contributed by atoms with Crippen LogP contribution in [0.25, 0.3) is 0 Å². The molecule has 132 valence electrons. The molecule has 0 fully saturated rings. The van der Waals surface area contributed by atoms with Gasteiger partial charge in [-0.1, -0.05) is 29.3 Å². The van der Waals surface area contributed by atoms with Crippen molar-refractivity contribution in [2.45, 2.75) is 6.18 Å². The van der Waals surface area contributed by atoms with E-state index in [0.717, 1.165) is 12.1 Å². The molecule has 0 unspecified atom stereocenters. The van der Waals surface area contributed by atoms with Crippen molar-refractivity contribution in [3.63, 3.8) is 0 Å². The Morgan fingerprint density at radius 2 is 1.77 bits per heavy atom. The zero-order chi connectivity index (χ0) is 19.3. The summed E-state index contributed by atoms with van der Waals surface area (Å²) in [6.45, 7) is 0. The van der Waals surface area contributed by atoms with Crippen LogP contribution in [0.1, 0.15) is 5.69 Å². The third kappa shape index (κ3) is 4.76. The van der Waals surface area contributed by atoms with Crippen LogP contribution in [0.15, 0.2) is 35.4 Å². The van der Waals surface area contributed by atoms with Crippen LogP contribution in [0.2, 0.25) is 10.0 Å². The number of pyridine rings is 1. The van der Waals surface area contributed by atoms with Crippen LogP contribution in [-0.4, -0.2) is 10.7 Å². The summed E-state index contributed by atoms with van der Waals surface area (Å²) in [6, 6.07) is 8.83. The highest BCUT2D eigenvalue weighted by molar-refractivity contribution is 6.37. The Bertz CT molecular complexity index is 909. The van der Waals surface area contributed by atoms with E-state index in [4.69, 9.17) is 38.5 Å². The molecule has 0 bridgehead atoms. The minimum absolute atomic E-state index is 0.0510. The molecule has 1 aromatic carbocycles. The van der Waals surface area contributed by atoms with Crippen LogP contribution in [0.3, 0.4) is 0 Å². The van der Waals surface area contributed by atoms with Gasteiger partial charge in [0.1, 0.15) is 17.8 Å². The van der Waals surface area contributed by atoms with E-state index in [1.54, 1.807) is 12.1 Å². The summed E-state index contributed by atoms with van der Waals surface area (Å²) in [6.07, 6.45) is -4.63. The monoisotopic (exact) mass is 399 g/mol. The van der Waals surface area contributed by atoms with Gasteiger partial charge in [-0.25, -0.2) is 4.98 Å². The molecule has 6 nitrogen and oxygen atoms in total. The van der Waals surface area contributed by atoms with E-state index < -0.39 is 17.6 Å². The number of hydrazone groups is 1. The Balaban J connectivity index is 2.28. The number of rotatable bonds is 4. The fourth-order valence-corrected chi connectivity index (χ4v) is 2.22. The summed E-state index contributed by atoms with van der Waals surface area (Å²) < 4.78 is 43.3. The van der Waals surface area contributed by atoms with Gasteiger partial charge in [-0.05, 0) is 18.2 Å². The molecule has 26 heavy (non-hydrogen) atoms. The van der Waals surface area contributed by atoms with Crippen LogP contribution >= 0.6 is 23.2 Å². The molecule has 0 saturated carbocycles. The molecule has 11 heteroatoms. The summed E-state index contributed by atoms with van der Waals surface area (Å²) in [5.74, 6) is -0.464. The second-order valence-electron chi connectivity index (χ2n) is 4.53. The zero-order valence-corrected chi connectivity index (χ0v) is 14.0. The standard InChI is InChI=1S/C15H6Cl2F3N5O/c16-10-4-8(24-25-9(6-21)7-22)5-11(17)14(10)26-13-3-1-2-12(23-13)15(18,19)20/h1-5,24H. The van der Waals surface area contributed by atoms with Gasteiger partial charge in [-0.3, -0.25) is 5.43 Å². The Labute approximate surface area is 155 Å². The van der Waals surface area contributed by atoms with E-state index >= 15 is 0 Å². The first-order chi connectivity index (χ1) is 12.2. The van der Waals surface area contributed by atoms with Crippen molar-refractivity contribution in [3.8, 4) is 23.8 Å². The van der Waals surface area contributed by atoms with Gasteiger partial charge in [0.05, 0.1) is 15.7 Å². The third-order valence-electron chi connectivity index (χ3n) is 2.73. The van der Waals surface area contributed by atoms with Crippen molar-refractivity contribution in [1.29, 1.82) is 10.5 Å². The number of nitrogens with one attached hydrogen (secondary N) is 1. The number of benzene rings is 1. The van der Waals surface area contributed by atoms with Gasteiger partial charge in [0.25, 0.3) is 0 Å². The predicted octanol–water partition coefficient (Wildman–Crippen LogP) is 5.01. The predicted molar refractivity (Wildman–Crippen MR) is 88.1 cm³/mol. The lowest BCUT2D eigenvalue weighted by Crippen LogP contribution is -2.08. The van der Waals surface area contributed by atoms with E-state index in [1.165, 1.54) is 18.2 Å². The molecule has 0 atom stereocenters. The minimum atomic E-state index is -4.63. The Hall–Kier alpha value is -3.01. The zero-order valence-electron chi connectivity index (χ0n) is 12.5. The van der Waals surface area contributed by atoms with Crippen molar-refractivity contribution in [3.05, 3.63) is 46.1 Å². The molecular weight excluding hydrogens is 394 g/mol. The number of ether oxygens (including phenoxy) is 1. The number of halogens is 5. The largest absolute Gasteiger partial charge is 0.436 e. The summed E-state index contributed by atoms with van der Waals surface area (Å²) in [5, 5.41) is 20.6. The number of nitriles is 2. The Morgan fingerprint density at radius 3 is 2.31 bits per heavy atom. The second-order valence-corrected chi connectivity index (χ2v) is 5.34.